The number of carbonyl (C=O) groups is 1. The van der Waals surface area contributed by atoms with Gasteiger partial charge in [0.25, 0.3) is 0 Å². The largest absolute Gasteiger partial charge is 0.357 e. The van der Waals surface area contributed by atoms with Gasteiger partial charge in [-0.15, -0.1) is 24.0 Å². The molecule has 24 heavy (non-hydrogen) atoms. The summed E-state index contributed by atoms with van der Waals surface area (Å²) >= 11 is 1.83. The van der Waals surface area contributed by atoms with Crippen molar-refractivity contribution >= 4 is 47.6 Å². The van der Waals surface area contributed by atoms with E-state index in [2.05, 4.69) is 42.7 Å². The minimum Gasteiger partial charge on any atom is -0.357 e. The summed E-state index contributed by atoms with van der Waals surface area (Å²) in [6, 6.07) is 0. The molecule has 0 aromatic rings. The summed E-state index contributed by atoms with van der Waals surface area (Å²) in [5, 5.41) is 6.66. The first-order chi connectivity index (χ1) is 11.0. The fraction of sp³-hybridized carbons (Fsp3) is 0.882. The van der Waals surface area contributed by atoms with Gasteiger partial charge in [-0.3, -0.25) is 9.79 Å². The van der Waals surface area contributed by atoms with Gasteiger partial charge in [-0.25, -0.2) is 0 Å². The zero-order valence-electron chi connectivity index (χ0n) is 15.7. The molecule has 0 bridgehead atoms. The normalized spacial score (nSPS) is 16.4. The lowest BCUT2D eigenvalue weighted by atomic mass is 10.2. The Hall–Kier alpha value is -0.180. The Morgan fingerprint density at radius 3 is 2.71 bits per heavy atom. The summed E-state index contributed by atoms with van der Waals surface area (Å²) in [5.74, 6) is 1.20. The van der Waals surface area contributed by atoms with Crippen LogP contribution >= 0.6 is 35.7 Å². The van der Waals surface area contributed by atoms with Crippen LogP contribution in [0.3, 0.4) is 0 Å². The van der Waals surface area contributed by atoms with Crippen molar-refractivity contribution in [3.8, 4) is 0 Å². The van der Waals surface area contributed by atoms with Crippen LogP contribution in [0.15, 0.2) is 4.99 Å². The molecule has 1 amide bonds. The molecular formula is C17H35IN4OS. The second kappa shape index (κ2) is 13.1. The molecule has 1 aliphatic rings. The molecule has 7 heteroatoms. The number of hydrogen-bond donors (Lipinski definition) is 2. The van der Waals surface area contributed by atoms with Crippen molar-refractivity contribution in [3.05, 3.63) is 0 Å². The average Bonchev–Trinajstić information content (AvgIpc) is 2.73. The lowest BCUT2D eigenvalue weighted by molar-refractivity contribution is -0.130. The third-order valence-corrected chi connectivity index (χ3v) is 5.32. The first kappa shape index (κ1) is 23.8. The molecule has 0 aromatic heterocycles. The van der Waals surface area contributed by atoms with Gasteiger partial charge in [0.2, 0.25) is 5.91 Å². The van der Waals surface area contributed by atoms with E-state index in [1.807, 2.05) is 16.7 Å². The van der Waals surface area contributed by atoms with Crippen LogP contribution in [0.2, 0.25) is 0 Å². The number of rotatable bonds is 8. The van der Waals surface area contributed by atoms with Crippen LogP contribution < -0.4 is 10.6 Å². The van der Waals surface area contributed by atoms with E-state index in [9.17, 15) is 4.79 Å². The first-order valence-corrected chi connectivity index (χ1v) is 10.1. The lowest BCUT2D eigenvalue weighted by Gasteiger charge is -2.22. The van der Waals surface area contributed by atoms with Crippen molar-refractivity contribution in [2.24, 2.45) is 4.99 Å². The van der Waals surface area contributed by atoms with E-state index in [4.69, 9.17) is 0 Å². The number of amides is 1. The molecule has 0 saturated carbocycles. The van der Waals surface area contributed by atoms with Gasteiger partial charge in [-0.05, 0) is 46.3 Å². The highest BCUT2D eigenvalue weighted by Gasteiger charge is 2.16. The van der Waals surface area contributed by atoms with Gasteiger partial charge >= 0.3 is 0 Å². The highest BCUT2D eigenvalue weighted by Crippen LogP contribution is 2.20. The molecule has 1 fully saturated rings. The molecule has 0 unspecified atom stereocenters. The molecule has 1 heterocycles. The third-order valence-electron chi connectivity index (χ3n) is 4.08. The maximum Gasteiger partial charge on any atom is 0.222 e. The molecule has 0 atom stereocenters. The number of guanidine groups is 1. The SMILES string of the molecule is CCNC(=NCC(C)(C)SC)NCCCN1CCCCCC1=O.I. The van der Waals surface area contributed by atoms with Crippen molar-refractivity contribution in [1.82, 2.24) is 15.5 Å². The molecule has 0 aromatic carbocycles. The topological polar surface area (TPSA) is 56.7 Å². The van der Waals surface area contributed by atoms with Crippen molar-refractivity contribution in [3.63, 3.8) is 0 Å². The van der Waals surface area contributed by atoms with Gasteiger partial charge in [-0.2, -0.15) is 11.8 Å². The maximum absolute atomic E-state index is 12.0. The Morgan fingerprint density at radius 2 is 2.04 bits per heavy atom. The summed E-state index contributed by atoms with van der Waals surface area (Å²) in [7, 11) is 0. The minimum atomic E-state index is 0. The zero-order chi connectivity index (χ0) is 17.1. The fourth-order valence-corrected chi connectivity index (χ4v) is 2.62. The minimum absolute atomic E-state index is 0. The summed E-state index contributed by atoms with van der Waals surface area (Å²) in [5.41, 5.74) is 0. The predicted octanol–water partition coefficient (Wildman–Crippen LogP) is 3.09. The molecule has 1 rings (SSSR count). The van der Waals surface area contributed by atoms with Crippen LogP contribution in [0.25, 0.3) is 0 Å². The van der Waals surface area contributed by atoms with Crippen LogP contribution in [0, 0.1) is 0 Å². The van der Waals surface area contributed by atoms with E-state index in [-0.39, 0.29) is 28.7 Å². The van der Waals surface area contributed by atoms with Gasteiger partial charge in [0.15, 0.2) is 5.96 Å². The number of aliphatic imine (C=N–C) groups is 1. The Labute approximate surface area is 169 Å². The lowest BCUT2D eigenvalue weighted by Crippen LogP contribution is -2.40. The van der Waals surface area contributed by atoms with E-state index in [1.165, 1.54) is 6.42 Å². The summed E-state index contributed by atoms with van der Waals surface area (Å²) in [6.07, 6.45) is 7.18. The predicted molar refractivity (Wildman–Crippen MR) is 117 cm³/mol. The number of likely N-dealkylation sites (tertiary alicyclic amines) is 1. The van der Waals surface area contributed by atoms with Gasteiger partial charge in [0.05, 0.1) is 6.54 Å². The molecule has 0 aliphatic carbocycles. The fourth-order valence-electron chi connectivity index (χ4n) is 2.43. The van der Waals surface area contributed by atoms with Crippen LogP contribution in [-0.2, 0) is 4.79 Å². The average molecular weight is 470 g/mol. The van der Waals surface area contributed by atoms with Crippen LogP contribution in [0.1, 0.15) is 52.9 Å². The summed E-state index contributed by atoms with van der Waals surface area (Å²) in [6.45, 7) is 10.7. The second-order valence-corrected chi connectivity index (χ2v) is 8.14. The molecular weight excluding hydrogens is 435 g/mol. The van der Waals surface area contributed by atoms with E-state index in [0.29, 0.717) is 5.91 Å². The Bertz CT molecular complexity index is 391. The Morgan fingerprint density at radius 1 is 1.29 bits per heavy atom. The van der Waals surface area contributed by atoms with Crippen LogP contribution in [0.5, 0.6) is 0 Å². The number of nitrogens with zero attached hydrogens (tertiary/aromatic N) is 2. The quantitative estimate of drug-likeness (QED) is 0.248. The molecule has 142 valence electrons. The standard InChI is InChI=1S/C17H34N4OS.HI/c1-5-18-16(20-14-17(2,3)23-4)19-11-9-13-21-12-8-6-7-10-15(21)22;/h5-14H2,1-4H3,(H2,18,19,20);1H. The number of nitrogens with one attached hydrogen (secondary N) is 2. The smallest absolute Gasteiger partial charge is 0.222 e. The first-order valence-electron chi connectivity index (χ1n) is 8.83. The van der Waals surface area contributed by atoms with Gasteiger partial charge in [-0.1, -0.05) is 6.42 Å². The molecule has 0 radical (unpaired) electrons. The van der Waals surface area contributed by atoms with Gasteiger partial charge in [0.1, 0.15) is 0 Å². The number of carbonyl (C=O) groups excluding carboxylic acids is 1. The monoisotopic (exact) mass is 470 g/mol. The molecule has 1 aliphatic heterocycles. The molecule has 2 N–H and O–H groups in total. The molecule has 5 nitrogen and oxygen atoms in total. The summed E-state index contributed by atoms with van der Waals surface area (Å²) < 4.78 is 0.154. The van der Waals surface area contributed by atoms with E-state index < -0.39 is 0 Å². The Kier molecular flexibility index (Phi) is 13.0. The van der Waals surface area contributed by atoms with E-state index >= 15 is 0 Å². The van der Waals surface area contributed by atoms with E-state index in [0.717, 1.165) is 64.4 Å². The molecule has 1 saturated heterocycles. The van der Waals surface area contributed by atoms with Crippen molar-refractivity contribution in [2.45, 2.75) is 57.6 Å². The Balaban J connectivity index is 0.00000529. The van der Waals surface area contributed by atoms with Crippen molar-refractivity contribution in [1.29, 1.82) is 0 Å². The zero-order valence-corrected chi connectivity index (χ0v) is 18.8. The maximum atomic E-state index is 12.0. The van der Waals surface area contributed by atoms with Gasteiger partial charge in [0, 0.05) is 37.3 Å². The van der Waals surface area contributed by atoms with Crippen molar-refractivity contribution in [2.75, 3.05) is 39.0 Å². The number of thioether (sulfide) groups is 1. The number of hydrogen-bond acceptors (Lipinski definition) is 3. The van der Waals surface area contributed by atoms with Gasteiger partial charge < -0.3 is 15.5 Å². The third kappa shape index (κ3) is 9.96. The molecule has 0 spiro atoms. The highest BCUT2D eigenvalue weighted by molar-refractivity contribution is 14.0. The number of halogens is 1. The van der Waals surface area contributed by atoms with E-state index in [1.54, 1.807) is 0 Å². The van der Waals surface area contributed by atoms with Crippen LogP contribution in [-0.4, -0.2) is 60.5 Å². The summed E-state index contributed by atoms with van der Waals surface area (Å²) in [4.78, 5) is 18.6. The van der Waals surface area contributed by atoms with Crippen molar-refractivity contribution < 1.29 is 4.79 Å². The second-order valence-electron chi connectivity index (χ2n) is 6.63. The van der Waals surface area contributed by atoms with Crippen LogP contribution in [0.4, 0.5) is 0 Å². The highest BCUT2D eigenvalue weighted by atomic mass is 127.